The number of phenols is 2. The van der Waals surface area contributed by atoms with E-state index >= 15 is 0 Å². The number of likely N-dealkylation sites (tertiary alicyclic amines) is 1. The number of piperidine rings is 1. The van der Waals surface area contributed by atoms with Crippen molar-refractivity contribution in [2.45, 2.75) is 155 Å². The summed E-state index contributed by atoms with van der Waals surface area (Å²) in [5, 5.41) is 65.8. The molecule has 11 atom stereocenters. The van der Waals surface area contributed by atoms with Crippen LogP contribution in [0.3, 0.4) is 0 Å². The number of ketones is 1. The Bertz CT molecular complexity index is 2840. The maximum absolute atomic E-state index is 14.9. The normalized spacial score (nSPS) is 31.2. The maximum Gasteiger partial charge on any atom is 0.312 e. The van der Waals surface area contributed by atoms with E-state index in [0.29, 0.717) is 43.5 Å². The van der Waals surface area contributed by atoms with Gasteiger partial charge in [0.05, 0.1) is 53.7 Å². The molecule has 9 rings (SSSR count). The number of carbonyl (C=O) groups is 3. The number of anilines is 1. The Balaban J connectivity index is 1.11. The number of hydrogen-bond donors (Lipinski definition) is 7. The first-order valence-electron chi connectivity index (χ1n) is 26.7. The summed E-state index contributed by atoms with van der Waals surface area (Å²) in [5.41, 5.74) is 1.06. The highest BCUT2D eigenvalue weighted by molar-refractivity contribution is 6.21. The Hall–Kier alpha value is -5.69. The average Bonchev–Trinajstić information content (AvgIpc) is 4.12. The fourth-order valence-corrected chi connectivity index (χ4v) is 11.6. The number of aromatic hydroxyl groups is 2. The third-order valence-electron chi connectivity index (χ3n) is 16.1. The number of Topliss-reactive ketones (excluding diaryl/α,β-unsaturated/α-hetero) is 1. The van der Waals surface area contributed by atoms with E-state index in [1.54, 1.807) is 46.8 Å². The molecule has 5 heterocycles. The SMILES string of the molecule is CO[C@H]1/C=C/OC2(C)Oc3c(C)c(O)c4c(O)c(c5c(c4c3C2=O)NC2(CCN(CC(C)C)CC2)N=5)=NC(=O)/C(C)=C\C=C\C(C)[C@H](O)[C@@H](C)C(O)[C@@H](C)[C@H](OC(O)CC(=O)NC2CCC(Cc3ccccc3)C2)C1. The molecule has 1 aliphatic carbocycles. The molecule has 1 saturated carbocycles. The monoisotopic (exact) mass is 1040 g/mol. The van der Waals surface area contributed by atoms with Gasteiger partial charge in [-0.05, 0) is 63.0 Å². The van der Waals surface area contributed by atoms with Crippen LogP contribution < -0.4 is 26.1 Å². The number of aliphatic hydroxyl groups excluding tert-OH is 3. The Kier molecular flexibility index (Phi) is 16.9. The van der Waals surface area contributed by atoms with Gasteiger partial charge in [0.2, 0.25) is 5.91 Å². The van der Waals surface area contributed by atoms with Crippen LogP contribution >= 0.6 is 0 Å². The number of nitrogens with zero attached hydrogens (tertiary/aromatic N) is 3. The van der Waals surface area contributed by atoms with Gasteiger partial charge in [0, 0.05) is 93.2 Å². The average molecular weight is 1040 g/mol. The molecule has 0 radical (unpaired) electrons. The van der Waals surface area contributed by atoms with Crippen molar-refractivity contribution in [2.24, 2.45) is 39.6 Å². The first-order chi connectivity index (χ1) is 35.6. The zero-order valence-electron chi connectivity index (χ0n) is 44.8. The van der Waals surface area contributed by atoms with E-state index < -0.39 is 77.3 Å². The van der Waals surface area contributed by atoms with E-state index in [1.165, 1.54) is 38.0 Å². The minimum absolute atomic E-state index is 0.0295. The van der Waals surface area contributed by atoms with E-state index in [4.69, 9.17) is 23.9 Å². The smallest absolute Gasteiger partial charge is 0.312 e. The summed E-state index contributed by atoms with van der Waals surface area (Å²) >= 11 is 0. The fraction of sp³-hybridized carbons (Fsp3) is 0.569. The zero-order chi connectivity index (χ0) is 54.1. The molecule has 6 aliphatic rings. The van der Waals surface area contributed by atoms with Gasteiger partial charge in [0.25, 0.3) is 11.7 Å². The number of fused-ring (bicyclic) bond motifs is 13. The van der Waals surface area contributed by atoms with Crippen molar-refractivity contribution in [2.75, 3.05) is 32.1 Å². The third-order valence-corrected chi connectivity index (χ3v) is 16.1. The summed E-state index contributed by atoms with van der Waals surface area (Å²) in [6, 6.07) is 10.2. The number of allylic oxidation sites excluding steroid dienone is 2. The highest BCUT2D eigenvalue weighted by Crippen LogP contribution is 2.51. The predicted molar refractivity (Wildman–Crippen MR) is 283 cm³/mol. The Morgan fingerprint density at radius 1 is 0.960 bits per heavy atom. The van der Waals surface area contributed by atoms with Crippen molar-refractivity contribution < 1.29 is 58.9 Å². The summed E-state index contributed by atoms with van der Waals surface area (Å²) in [6.45, 7) is 16.4. The fourth-order valence-electron chi connectivity index (χ4n) is 11.6. The van der Waals surface area contributed by atoms with E-state index in [9.17, 15) is 39.9 Å². The van der Waals surface area contributed by atoms with Gasteiger partial charge in [-0.25, -0.2) is 4.99 Å². The van der Waals surface area contributed by atoms with Crippen LogP contribution in [0.4, 0.5) is 5.69 Å². The van der Waals surface area contributed by atoms with Crippen LogP contribution in [0, 0.1) is 36.5 Å². The van der Waals surface area contributed by atoms with E-state index in [0.717, 1.165) is 32.2 Å². The minimum atomic E-state index is -1.99. The summed E-state index contributed by atoms with van der Waals surface area (Å²) < 4.78 is 24.6. The topological polar surface area (TPSA) is 241 Å². The first-order valence-corrected chi connectivity index (χ1v) is 26.7. The number of hydrogen-bond acceptors (Lipinski definition) is 15. The lowest BCUT2D eigenvalue weighted by Crippen LogP contribution is -2.47. The second-order valence-corrected chi connectivity index (χ2v) is 22.3. The van der Waals surface area contributed by atoms with Crippen molar-refractivity contribution >= 4 is 34.1 Å². The van der Waals surface area contributed by atoms with Crippen LogP contribution in [0.15, 0.2) is 76.5 Å². The second-order valence-electron chi connectivity index (χ2n) is 22.3. The van der Waals surface area contributed by atoms with Crippen LogP contribution in [0.1, 0.15) is 115 Å². The summed E-state index contributed by atoms with van der Waals surface area (Å²) in [7, 11) is 1.46. The number of rotatable bonds is 10. The number of aliphatic hydroxyl groups is 3. The first kappa shape index (κ1) is 55.5. The molecule has 6 unspecified atom stereocenters. The lowest BCUT2D eigenvalue weighted by Gasteiger charge is -2.38. The largest absolute Gasteiger partial charge is 0.507 e. The quantitative estimate of drug-likeness (QED) is 0.0885. The van der Waals surface area contributed by atoms with E-state index in [2.05, 4.69) is 46.5 Å². The van der Waals surface area contributed by atoms with Gasteiger partial charge in [-0.2, -0.15) is 0 Å². The van der Waals surface area contributed by atoms with Crippen molar-refractivity contribution in [1.82, 2.24) is 10.2 Å². The molecule has 3 aromatic carbocycles. The molecule has 406 valence electrons. The summed E-state index contributed by atoms with van der Waals surface area (Å²) in [4.78, 5) is 54.3. The molecule has 5 aliphatic heterocycles. The van der Waals surface area contributed by atoms with Gasteiger partial charge in [-0.15, -0.1) is 0 Å². The summed E-state index contributed by atoms with van der Waals surface area (Å²) in [5.74, 6) is -5.68. The molecule has 2 amide bonds. The van der Waals surface area contributed by atoms with Crippen molar-refractivity contribution in [3.8, 4) is 17.2 Å². The molecular weight excluding hydrogens is 959 g/mol. The molecular formula is C58H77N5O12. The van der Waals surface area contributed by atoms with Crippen LogP contribution in [0.2, 0.25) is 0 Å². The minimum Gasteiger partial charge on any atom is -0.507 e. The van der Waals surface area contributed by atoms with Crippen molar-refractivity contribution in [3.05, 3.63) is 93.9 Å². The van der Waals surface area contributed by atoms with Gasteiger partial charge in [0.1, 0.15) is 27.9 Å². The Labute approximate surface area is 439 Å². The zero-order valence-corrected chi connectivity index (χ0v) is 44.8. The molecule has 1 saturated heterocycles. The molecule has 1 spiro atoms. The molecule has 3 aromatic rings. The van der Waals surface area contributed by atoms with Crippen LogP contribution in [0.5, 0.6) is 17.2 Å². The molecule has 0 aromatic heterocycles. The molecule has 75 heavy (non-hydrogen) atoms. The van der Waals surface area contributed by atoms with Crippen LogP contribution in [-0.4, -0.2) is 123 Å². The van der Waals surface area contributed by atoms with Crippen molar-refractivity contribution in [3.63, 3.8) is 0 Å². The lowest BCUT2D eigenvalue weighted by atomic mass is 9.81. The van der Waals surface area contributed by atoms with Crippen LogP contribution in [0.25, 0.3) is 10.8 Å². The Morgan fingerprint density at radius 2 is 1.68 bits per heavy atom. The van der Waals surface area contributed by atoms with Gasteiger partial charge >= 0.3 is 5.79 Å². The van der Waals surface area contributed by atoms with Gasteiger partial charge in [0.15, 0.2) is 12.0 Å². The molecule has 17 heteroatoms. The van der Waals surface area contributed by atoms with E-state index in [1.807, 2.05) is 18.2 Å². The van der Waals surface area contributed by atoms with Gasteiger partial charge in [-0.1, -0.05) is 83.2 Å². The molecule has 17 nitrogen and oxygen atoms in total. The number of methoxy groups -OCH3 is 1. The molecule has 2 fully saturated rings. The summed E-state index contributed by atoms with van der Waals surface area (Å²) in [6.07, 6.45) is 6.44. The number of ether oxygens (including phenoxy) is 4. The number of benzene rings is 3. The third kappa shape index (κ3) is 11.8. The number of carbonyl (C=O) groups excluding carboxylic acids is 3. The van der Waals surface area contributed by atoms with Gasteiger partial charge < -0.3 is 60.0 Å². The van der Waals surface area contributed by atoms with Gasteiger partial charge in [-0.3, -0.25) is 19.4 Å². The van der Waals surface area contributed by atoms with Crippen molar-refractivity contribution in [1.29, 1.82) is 0 Å². The van der Waals surface area contributed by atoms with Crippen LogP contribution in [-0.2, 0) is 30.2 Å². The second kappa shape index (κ2) is 22.9. The lowest BCUT2D eigenvalue weighted by molar-refractivity contribution is -0.179. The predicted octanol–water partition coefficient (Wildman–Crippen LogP) is 6.19. The molecule has 7 N–H and O–H groups in total. The standard InChI is InChI=1S/C58H77N5O12/c1-31(2)30-63-23-21-58(22-24-63)61-47-44-45-52(68)36(7)54-46(44)55(70)57(8,75-54)73-25-20-40(72-9)28-41(74-43(65)29-42(64)59-39-19-18-38(27-39)26-37-16-11-10-12-17-37)34(5)51(67)35(6)50(66)32(3)14-13-15-33(4)56(71)60-49(53(45)69)48(47)62-58/h10-17,20,25,31-32,34-35,38-41,43,50-51,61,65-69H,18-19,21-24,26-30H2,1-9H3,(H,59,64)/b14-13+,25-20+,33-15-,60-49?/t32?,34-,35+,38?,39?,40-,41+,43?,50-,51?,57?/m0/s1. The maximum atomic E-state index is 14.9. The van der Waals surface area contributed by atoms with E-state index in [-0.39, 0.29) is 74.5 Å². The number of amides is 2. The highest BCUT2D eigenvalue weighted by atomic mass is 16.7. The Morgan fingerprint density at radius 3 is 2.37 bits per heavy atom. The molecule has 5 bridgehead atoms. The highest BCUT2D eigenvalue weighted by Gasteiger charge is 2.51. The number of nitrogens with one attached hydrogen (secondary N) is 2. The number of phenolic OH excluding ortho intramolecular Hbond substituents is 2.